The number of carbonyl (C=O) groups is 1. The van der Waals surface area contributed by atoms with Crippen LogP contribution in [0.5, 0.6) is 0 Å². The van der Waals surface area contributed by atoms with Gasteiger partial charge in [0, 0.05) is 6.42 Å². The van der Waals surface area contributed by atoms with Crippen LogP contribution in [0.25, 0.3) is 0 Å². The van der Waals surface area contributed by atoms with Crippen LogP contribution in [-0.2, 0) is 20.8 Å². The second kappa shape index (κ2) is 6.01. The first-order chi connectivity index (χ1) is 10.2. The van der Waals surface area contributed by atoms with Crippen molar-refractivity contribution in [2.45, 2.75) is 24.9 Å². The van der Waals surface area contributed by atoms with E-state index in [9.17, 15) is 9.90 Å². The molecule has 1 spiro atoms. The molecule has 2 saturated heterocycles. The summed E-state index contributed by atoms with van der Waals surface area (Å²) in [4.78, 5) is 13.7. The quantitative estimate of drug-likeness (QED) is 0.905. The van der Waals surface area contributed by atoms with Gasteiger partial charge < -0.3 is 19.3 Å². The highest BCUT2D eigenvalue weighted by Gasteiger charge is 2.50. The van der Waals surface area contributed by atoms with E-state index in [1.807, 2.05) is 30.3 Å². The lowest BCUT2D eigenvalue weighted by Crippen LogP contribution is -2.40. The van der Waals surface area contributed by atoms with E-state index in [2.05, 4.69) is 0 Å². The van der Waals surface area contributed by atoms with E-state index in [-0.39, 0.29) is 19.3 Å². The monoisotopic (exact) mass is 293 g/mol. The van der Waals surface area contributed by atoms with E-state index in [4.69, 9.17) is 14.2 Å². The van der Waals surface area contributed by atoms with Gasteiger partial charge >= 0.3 is 6.09 Å². The van der Waals surface area contributed by atoms with Crippen molar-refractivity contribution >= 4 is 6.09 Å². The Labute approximate surface area is 123 Å². The summed E-state index contributed by atoms with van der Waals surface area (Å²) in [6.45, 7) is 1.42. The van der Waals surface area contributed by atoms with Crippen LogP contribution in [0.2, 0.25) is 0 Å². The van der Waals surface area contributed by atoms with Crippen LogP contribution < -0.4 is 0 Å². The minimum atomic E-state index is -0.765. The molecule has 0 aliphatic carbocycles. The van der Waals surface area contributed by atoms with Gasteiger partial charge in [-0.25, -0.2) is 4.79 Å². The molecule has 0 bridgehead atoms. The molecule has 1 aromatic rings. The Morgan fingerprint density at radius 2 is 2.05 bits per heavy atom. The maximum atomic E-state index is 12.2. The van der Waals surface area contributed by atoms with Gasteiger partial charge in [0.1, 0.15) is 6.61 Å². The summed E-state index contributed by atoms with van der Waals surface area (Å²) in [5.41, 5.74) is 0.925. The van der Waals surface area contributed by atoms with Crippen LogP contribution in [0.15, 0.2) is 30.3 Å². The molecule has 0 aromatic heterocycles. The smallest absolute Gasteiger partial charge is 0.410 e. The van der Waals surface area contributed by atoms with Gasteiger partial charge in [0.15, 0.2) is 5.79 Å². The molecule has 1 atom stereocenters. The van der Waals surface area contributed by atoms with Crippen LogP contribution in [0.4, 0.5) is 4.79 Å². The SMILES string of the molecule is O=C(OCc1ccccc1)N1CC2(C[C@H]1CO)OCCO2. The average molecular weight is 293 g/mol. The summed E-state index contributed by atoms with van der Waals surface area (Å²) in [5.74, 6) is -0.765. The third kappa shape index (κ3) is 3.02. The molecule has 2 heterocycles. The lowest BCUT2D eigenvalue weighted by Gasteiger charge is -2.23. The molecule has 6 heteroatoms. The van der Waals surface area contributed by atoms with E-state index in [1.165, 1.54) is 4.90 Å². The third-order valence-electron chi connectivity index (χ3n) is 3.86. The Balaban J connectivity index is 1.60. The number of aliphatic hydroxyl groups excluding tert-OH is 1. The minimum Gasteiger partial charge on any atom is -0.445 e. The summed E-state index contributed by atoms with van der Waals surface area (Å²) < 4.78 is 16.5. The molecule has 1 amide bonds. The van der Waals surface area contributed by atoms with Gasteiger partial charge in [-0.15, -0.1) is 0 Å². The largest absolute Gasteiger partial charge is 0.445 e. The molecule has 21 heavy (non-hydrogen) atoms. The number of ether oxygens (including phenoxy) is 3. The van der Waals surface area contributed by atoms with Crippen molar-refractivity contribution in [1.82, 2.24) is 4.90 Å². The maximum Gasteiger partial charge on any atom is 0.410 e. The highest BCUT2D eigenvalue weighted by Crippen LogP contribution is 2.34. The van der Waals surface area contributed by atoms with Crippen molar-refractivity contribution in [1.29, 1.82) is 0 Å². The van der Waals surface area contributed by atoms with E-state index in [1.54, 1.807) is 0 Å². The summed E-state index contributed by atoms with van der Waals surface area (Å²) in [7, 11) is 0. The van der Waals surface area contributed by atoms with Crippen LogP contribution in [0.1, 0.15) is 12.0 Å². The van der Waals surface area contributed by atoms with E-state index < -0.39 is 11.9 Å². The highest BCUT2D eigenvalue weighted by atomic mass is 16.7. The van der Waals surface area contributed by atoms with Gasteiger partial charge in [0.2, 0.25) is 0 Å². The molecule has 0 radical (unpaired) electrons. The van der Waals surface area contributed by atoms with Crippen LogP contribution in [0.3, 0.4) is 0 Å². The fourth-order valence-corrected chi connectivity index (χ4v) is 2.81. The van der Waals surface area contributed by atoms with Crippen molar-refractivity contribution in [3.63, 3.8) is 0 Å². The zero-order valence-corrected chi connectivity index (χ0v) is 11.7. The second-order valence-electron chi connectivity index (χ2n) is 5.32. The highest BCUT2D eigenvalue weighted by molar-refractivity contribution is 5.68. The second-order valence-corrected chi connectivity index (χ2v) is 5.32. The number of hydrogen-bond acceptors (Lipinski definition) is 5. The topological polar surface area (TPSA) is 68.2 Å². The molecule has 2 aliphatic heterocycles. The lowest BCUT2D eigenvalue weighted by molar-refractivity contribution is -0.145. The molecule has 114 valence electrons. The van der Waals surface area contributed by atoms with Crippen LogP contribution in [0, 0.1) is 0 Å². The number of benzene rings is 1. The van der Waals surface area contributed by atoms with Gasteiger partial charge in [0.05, 0.1) is 32.4 Å². The molecular formula is C15H19NO5. The Morgan fingerprint density at radius 3 is 2.71 bits per heavy atom. The van der Waals surface area contributed by atoms with Gasteiger partial charge in [-0.3, -0.25) is 4.90 Å². The number of hydrogen-bond donors (Lipinski definition) is 1. The Hall–Kier alpha value is -1.63. The van der Waals surface area contributed by atoms with Crippen molar-refractivity contribution in [3.05, 3.63) is 35.9 Å². The van der Waals surface area contributed by atoms with Crippen LogP contribution >= 0.6 is 0 Å². The van der Waals surface area contributed by atoms with Gasteiger partial charge in [-0.2, -0.15) is 0 Å². The first-order valence-corrected chi connectivity index (χ1v) is 7.08. The Kier molecular flexibility index (Phi) is 4.10. The van der Waals surface area contributed by atoms with E-state index in [0.717, 1.165) is 5.56 Å². The number of aliphatic hydroxyl groups is 1. The molecule has 0 saturated carbocycles. The summed E-state index contributed by atoms with van der Waals surface area (Å²) in [6.07, 6.45) is 0.0260. The van der Waals surface area contributed by atoms with Crippen molar-refractivity contribution in [3.8, 4) is 0 Å². The van der Waals surface area contributed by atoms with Crippen molar-refractivity contribution < 1.29 is 24.1 Å². The van der Waals surface area contributed by atoms with Crippen molar-refractivity contribution in [2.75, 3.05) is 26.4 Å². The molecule has 2 aliphatic rings. The molecule has 2 fully saturated rings. The lowest BCUT2D eigenvalue weighted by atomic mass is 10.2. The average Bonchev–Trinajstić information content (AvgIpc) is 3.13. The molecule has 3 rings (SSSR count). The zero-order valence-electron chi connectivity index (χ0n) is 11.7. The number of likely N-dealkylation sites (tertiary alicyclic amines) is 1. The van der Waals surface area contributed by atoms with Gasteiger partial charge in [-0.1, -0.05) is 30.3 Å². The van der Waals surface area contributed by atoms with Crippen molar-refractivity contribution in [2.24, 2.45) is 0 Å². The minimum absolute atomic E-state index is 0.130. The molecule has 1 aromatic carbocycles. The first kappa shape index (κ1) is 14.3. The number of nitrogens with zero attached hydrogens (tertiary/aromatic N) is 1. The fourth-order valence-electron chi connectivity index (χ4n) is 2.81. The van der Waals surface area contributed by atoms with Gasteiger partial charge in [-0.05, 0) is 5.56 Å². The third-order valence-corrected chi connectivity index (χ3v) is 3.86. The summed E-state index contributed by atoms with van der Waals surface area (Å²) >= 11 is 0. The fraction of sp³-hybridized carbons (Fsp3) is 0.533. The Bertz CT molecular complexity index is 486. The number of carbonyl (C=O) groups excluding carboxylic acids is 1. The predicted molar refractivity (Wildman–Crippen MR) is 73.5 cm³/mol. The number of amides is 1. The molecule has 0 unspecified atom stereocenters. The van der Waals surface area contributed by atoms with E-state index in [0.29, 0.717) is 26.2 Å². The normalized spacial score (nSPS) is 23.7. The predicted octanol–water partition coefficient (Wildman–Crippen LogP) is 1.13. The standard InChI is InChI=1S/C15H19NO5/c17-9-13-8-15(20-6-7-21-15)11-16(13)14(18)19-10-12-4-2-1-3-5-12/h1-5,13,17H,6-11H2/t13-/m0/s1. The Morgan fingerprint density at radius 1 is 1.33 bits per heavy atom. The zero-order chi connectivity index (χ0) is 14.7. The first-order valence-electron chi connectivity index (χ1n) is 7.08. The summed E-state index contributed by atoms with van der Waals surface area (Å²) in [6, 6.07) is 9.16. The molecule has 1 N–H and O–H groups in total. The van der Waals surface area contributed by atoms with Gasteiger partial charge in [0.25, 0.3) is 0 Å². The molecule has 6 nitrogen and oxygen atoms in total. The summed E-state index contributed by atoms with van der Waals surface area (Å²) in [5, 5.41) is 9.45. The molecular weight excluding hydrogens is 274 g/mol. The van der Waals surface area contributed by atoms with E-state index >= 15 is 0 Å². The number of rotatable bonds is 3. The van der Waals surface area contributed by atoms with Crippen LogP contribution in [-0.4, -0.2) is 54.3 Å². The maximum absolute atomic E-state index is 12.2.